The molecule has 2 aromatic carbocycles. The van der Waals surface area contributed by atoms with E-state index in [4.69, 9.17) is 5.10 Å². The first-order valence-electron chi connectivity index (χ1n) is 10.5. The number of para-hydroxylation sites is 1. The van der Waals surface area contributed by atoms with Crippen LogP contribution in [0, 0.1) is 0 Å². The summed E-state index contributed by atoms with van der Waals surface area (Å²) in [6.45, 7) is 2.97. The minimum Gasteiger partial charge on any atom is -0.368 e. The Morgan fingerprint density at radius 2 is 1.42 bits per heavy atom. The number of nitrogens with one attached hydrogen (secondary N) is 1. The van der Waals surface area contributed by atoms with Crippen LogP contribution in [0.3, 0.4) is 0 Å². The van der Waals surface area contributed by atoms with Gasteiger partial charge in [-0.1, -0.05) is 48.5 Å². The average molecular weight is 411 g/mol. The third-order valence-electron chi connectivity index (χ3n) is 5.63. The fraction of sp³-hybridized carbons (Fsp3) is 0.160. The summed E-state index contributed by atoms with van der Waals surface area (Å²) in [7, 11) is 0. The van der Waals surface area contributed by atoms with E-state index in [1.54, 1.807) is 4.68 Å². The Morgan fingerprint density at radius 1 is 0.774 bits per heavy atom. The van der Waals surface area contributed by atoms with Crippen LogP contribution in [-0.2, 0) is 0 Å². The number of hydrogen-bond donors (Lipinski definition) is 0. The number of aromatic nitrogens is 3. The van der Waals surface area contributed by atoms with Crippen molar-refractivity contribution in [1.29, 1.82) is 0 Å². The highest BCUT2D eigenvalue weighted by molar-refractivity contribution is 5.94. The Hall–Kier alpha value is -3.93. The van der Waals surface area contributed by atoms with Crippen LogP contribution in [0.4, 0.5) is 5.69 Å². The lowest BCUT2D eigenvalue weighted by molar-refractivity contribution is -0.377. The third-order valence-corrected chi connectivity index (χ3v) is 5.63. The molecule has 31 heavy (non-hydrogen) atoms. The molecular weight excluding hydrogens is 386 g/mol. The van der Waals surface area contributed by atoms with Gasteiger partial charge >= 0.3 is 0 Å². The van der Waals surface area contributed by atoms with Crippen LogP contribution in [-0.4, -0.2) is 46.8 Å². The zero-order valence-corrected chi connectivity index (χ0v) is 17.2. The molecule has 1 aliphatic heterocycles. The predicted molar refractivity (Wildman–Crippen MR) is 120 cm³/mol. The molecule has 0 spiro atoms. The molecule has 1 aliphatic rings. The van der Waals surface area contributed by atoms with Gasteiger partial charge in [0.1, 0.15) is 5.69 Å². The fourth-order valence-corrected chi connectivity index (χ4v) is 3.97. The number of hydrogen-bond acceptors (Lipinski definition) is 3. The number of anilines is 1. The molecule has 154 valence electrons. The van der Waals surface area contributed by atoms with Crippen molar-refractivity contribution < 1.29 is 9.78 Å². The zero-order chi connectivity index (χ0) is 21.0. The van der Waals surface area contributed by atoms with Gasteiger partial charge in [-0.3, -0.25) is 4.79 Å². The Bertz CT molecular complexity index is 1150. The van der Waals surface area contributed by atoms with Crippen LogP contribution in [0.25, 0.3) is 16.9 Å². The molecular formula is C25H24N5O+. The lowest BCUT2D eigenvalue weighted by atomic mass is 10.1. The number of carbonyl (C=O) groups is 1. The van der Waals surface area contributed by atoms with Crippen LogP contribution >= 0.6 is 0 Å². The maximum absolute atomic E-state index is 13.5. The second kappa shape index (κ2) is 8.44. The van der Waals surface area contributed by atoms with Gasteiger partial charge in [-0.05, 0) is 18.2 Å². The Kier molecular flexibility index (Phi) is 5.19. The summed E-state index contributed by atoms with van der Waals surface area (Å²) in [5, 5.41) is 4.78. The molecule has 5 rings (SSSR count). The van der Waals surface area contributed by atoms with Gasteiger partial charge in [-0.15, -0.1) is 0 Å². The number of rotatable bonds is 4. The van der Waals surface area contributed by atoms with E-state index in [1.165, 1.54) is 5.69 Å². The first kappa shape index (κ1) is 19.1. The number of nitrogens with zero attached hydrogens (tertiary/aromatic N) is 4. The molecule has 1 amide bonds. The van der Waals surface area contributed by atoms with Crippen LogP contribution < -0.4 is 9.88 Å². The lowest BCUT2D eigenvalue weighted by Gasteiger charge is -2.35. The topological polar surface area (TPSA) is 55.5 Å². The number of carbonyl (C=O) groups excluding carboxylic acids is 1. The highest BCUT2D eigenvalue weighted by Crippen LogP contribution is 2.23. The molecule has 2 aromatic heterocycles. The number of pyridine rings is 1. The molecule has 0 atom stereocenters. The molecule has 0 radical (unpaired) electrons. The van der Waals surface area contributed by atoms with E-state index in [0.29, 0.717) is 18.8 Å². The summed E-state index contributed by atoms with van der Waals surface area (Å²) >= 11 is 0. The summed E-state index contributed by atoms with van der Waals surface area (Å²) in [5.74, 6) is 0.0135. The van der Waals surface area contributed by atoms with Crippen LogP contribution in [0.1, 0.15) is 10.5 Å². The monoisotopic (exact) mass is 410 g/mol. The SMILES string of the molecule is O=C(c1cc(-c2ccccc2)nn1-c1ccccc1)N1CCN(c2cc[nH+]cc2)CC1. The zero-order valence-electron chi connectivity index (χ0n) is 17.2. The van der Waals surface area contributed by atoms with Gasteiger partial charge in [0.25, 0.3) is 5.91 Å². The Balaban J connectivity index is 1.42. The maximum atomic E-state index is 13.5. The van der Waals surface area contributed by atoms with Crippen LogP contribution in [0.15, 0.2) is 91.3 Å². The molecule has 4 aromatic rings. The van der Waals surface area contributed by atoms with Crippen molar-refractivity contribution in [3.63, 3.8) is 0 Å². The summed E-state index contributed by atoms with van der Waals surface area (Å²) in [6.07, 6.45) is 3.85. The minimum atomic E-state index is 0.0135. The van der Waals surface area contributed by atoms with Crippen molar-refractivity contribution in [1.82, 2.24) is 14.7 Å². The fourth-order valence-electron chi connectivity index (χ4n) is 3.97. The van der Waals surface area contributed by atoms with Gasteiger partial charge in [0, 0.05) is 49.6 Å². The molecule has 0 saturated carbocycles. The van der Waals surface area contributed by atoms with Crippen LogP contribution in [0.2, 0.25) is 0 Å². The first-order valence-corrected chi connectivity index (χ1v) is 10.5. The van der Waals surface area contributed by atoms with E-state index in [1.807, 2.05) is 84.0 Å². The van der Waals surface area contributed by atoms with E-state index in [-0.39, 0.29) is 5.91 Å². The Morgan fingerprint density at radius 3 is 2.10 bits per heavy atom. The predicted octanol–water partition coefficient (Wildman–Crippen LogP) is 3.32. The molecule has 0 aliphatic carbocycles. The van der Waals surface area contributed by atoms with Crippen molar-refractivity contribution in [2.75, 3.05) is 31.1 Å². The average Bonchev–Trinajstić information content (AvgIpc) is 3.31. The Labute approximate surface area is 181 Å². The summed E-state index contributed by atoms with van der Waals surface area (Å²) < 4.78 is 1.77. The van der Waals surface area contributed by atoms with Gasteiger partial charge in [-0.2, -0.15) is 5.10 Å². The van der Waals surface area contributed by atoms with Crippen molar-refractivity contribution in [2.24, 2.45) is 0 Å². The summed E-state index contributed by atoms with van der Waals surface area (Å²) in [5.41, 5.74) is 4.44. The molecule has 0 unspecified atom stereocenters. The molecule has 6 heteroatoms. The molecule has 0 bridgehead atoms. The van der Waals surface area contributed by atoms with E-state index >= 15 is 0 Å². The number of aromatic amines is 1. The number of amides is 1. The minimum absolute atomic E-state index is 0.0135. The molecule has 1 saturated heterocycles. The van der Waals surface area contributed by atoms with Gasteiger partial charge < -0.3 is 9.80 Å². The van der Waals surface area contributed by atoms with Gasteiger partial charge in [0.05, 0.1) is 11.4 Å². The van der Waals surface area contributed by atoms with E-state index in [0.717, 1.165) is 30.0 Å². The number of piperazine rings is 1. The molecule has 6 nitrogen and oxygen atoms in total. The third kappa shape index (κ3) is 3.92. The lowest BCUT2D eigenvalue weighted by Crippen LogP contribution is -2.49. The number of benzene rings is 2. The molecule has 3 heterocycles. The highest BCUT2D eigenvalue weighted by Gasteiger charge is 2.26. The van der Waals surface area contributed by atoms with Gasteiger partial charge in [0.15, 0.2) is 12.4 Å². The van der Waals surface area contributed by atoms with Crippen molar-refractivity contribution in [3.05, 3.63) is 97.0 Å². The van der Waals surface area contributed by atoms with E-state index in [9.17, 15) is 4.79 Å². The standard InChI is InChI=1S/C25H23N5O/c31-25(29-17-15-28(16-18-29)21-11-13-26-14-12-21)24-19-23(20-7-3-1-4-8-20)27-30(24)22-9-5-2-6-10-22/h1-14,19H,15-18H2/p+1. The van der Waals surface area contributed by atoms with Crippen LogP contribution in [0.5, 0.6) is 0 Å². The van der Waals surface area contributed by atoms with Crippen molar-refractivity contribution in [2.45, 2.75) is 0 Å². The maximum Gasteiger partial charge on any atom is 0.272 e. The van der Waals surface area contributed by atoms with Gasteiger partial charge in [-0.25, -0.2) is 9.67 Å². The smallest absolute Gasteiger partial charge is 0.272 e. The molecule has 1 fully saturated rings. The van der Waals surface area contributed by atoms with Gasteiger partial charge in [0.2, 0.25) is 0 Å². The van der Waals surface area contributed by atoms with E-state index in [2.05, 4.69) is 22.0 Å². The second-order valence-corrected chi connectivity index (χ2v) is 7.57. The largest absolute Gasteiger partial charge is 0.368 e. The molecule has 1 N–H and O–H groups in total. The normalized spacial score (nSPS) is 13.9. The highest BCUT2D eigenvalue weighted by atomic mass is 16.2. The second-order valence-electron chi connectivity index (χ2n) is 7.57. The van der Waals surface area contributed by atoms with Crippen molar-refractivity contribution >= 4 is 11.6 Å². The van der Waals surface area contributed by atoms with Crippen molar-refractivity contribution in [3.8, 4) is 16.9 Å². The van der Waals surface area contributed by atoms with E-state index < -0.39 is 0 Å². The quantitative estimate of drug-likeness (QED) is 0.519. The first-order chi connectivity index (χ1) is 15.3. The number of H-pyrrole nitrogens is 1. The summed E-state index contributed by atoms with van der Waals surface area (Å²) in [4.78, 5) is 20.8. The summed E-state index contributed by atoms with van der Waals surface area (Å²) in [6, 6.07) is 25.9.